The Morgan fingerprint density at radius 3 is 2.50 bits per heavy atom. The van der Waals surface area contributed by atoms with Gasteiger partial charge >= 0.3 is 0 Å². The highest BCUT2D eigenvalue weighted by Gasteiger charge is 1.97. The van der Waals surface area contributed by atoms with E-state index in [1.165, 1.54) is 36.6 Å². The van der Waals surface area contributed by atoms with Gasteiger partial charge in [-0.3, -0.25) is 0 Å². The second kappa shape index (κ2) is 8.15. The van der Waals surface area contributed by atoms with Crippen molar-refractivity contribution in [2.45, 2.75) is 24.7 Å². The van der Waals surface area contributed by atoms with Crippen molar-refractivity contribution in [2.24, 2.45) is 0 Å². The van der Waals surface area contributed by atoms with Crippen molar-refractivity contribution in [3.8, 4) is 0 Å². The summed E-state index contributed by atoms with van der Waals surface area (Å²) in [5.74, 6) is 1.20. The van der Waals surface area contributed by atoms with Crippen LogP contribution in [0, 0.1) is 0 Å². The maximum atomic E-state index is 3.45. The Bertz CT molecular complexity index is 286. The molecule has 16 heavy (non-hydrogen) atoms. The van der Waals surface area contributed by atoms with Crippen molar-refractivity contribution in [1.82, 2.24) is 4.90 Å². The molecule has 0 aliphatic heterocycles. The third kappa shape index (κ3) is 5.92. The van der Waals surface area contributed by atoms with Gasteiger partial charge in [0.2, 0.25) is 0 Å². The van der Waals surface area contributed by atoms with Crippen LogP contribution in [0.25, 0.3) is 0 Å². The predicted octanol–water partition coefficient (Wildman–Crippen LogP) is 4.27. The minimum absolute atomic E-state index is 1.15. The molecular formula is C13H20BrNS. The Kier molecular flexibility index (Phi) is 7.17. The molecule has 0 atom stereocenters. The van der Waals surface area contributed by atoms with Gasteiger partial charge in [0.15, 0.2) is 0 Å². The van der Waals surface area contributed by atoms with Crippen molar-refractivity contribution < 1.29 is 0 Å². The van der Waals surface area contributed by atoms with Gasteiger partial charge in [-0.1, -0.05) is 22.9 Å². The summed E-state index contributed by atoms with van der Waals surface area (Å²) in [6, 6.07) is 8.55. The van der Waals surface area contributed by atoms with Crippen LogP contribution in [0.3, 0.4) is 0 Å². The van der Waals surface area contributed by atoms with Crippen molar-refractivity contribution in [1.29, 1.82) is 0 Å². The Labute approximate surface area is 112 Å². The molecule has 1 aromatic rings. The highest BCUT2D eigenvalue weighted by Crippen LogP contribution is 2.21. The number of rotatable bonds is 7. The minimum Gasteiger partial charge on any atom is -0.306 e. The maximum absolute atomic E-state index is 3.45. The van der Waals surface area contributed by atoms with Crippen molar-refractivity contribution in [3.05, 3.63) is 28.7 Å². The normalized spacial score (nSPS) is 11.0. The van der Waals surface area contributed by atoms with E-state index in [2.05, 4.69) is 59.1 Å². The first-order valence-corrected chi connectivity index (χ1v) is 7.57. The van der Waals surface area contributed by atoms with E-state index in [0.717, 1.165) is 4.47 Å². The summed E-state index contributed by atoms with van der Waals surface area (Å²) in [7, 11) is 2.20. The second-order valence-electron chi connectivity index (χ2n) is 3.96. The second-order valence-corrected chi connectivity index (χ2v) is 6.04. The molecule has 0 aromatic heterocycles. The van der Waals surface area contributed by atoms with Crippen LogP contribution < -0.4 is 0 Å². The van der Waals surface area contributed by atoms with Gasteiger partial charge in [0, 0.05) is 9.37 Å². The Balaban J connectivity index is 2.13. The van der Waals surface area contributed by atoms with Crippen LogP contribution in [0.15, 0.2) is 33.6 Å². The molecule has 1 nitrogen and oxygen atoms in total. The summed E-state index contributed by atoms with van der Waals surface area (Å²) in [6.45, 7) is 4.65. The van der Waals surface area contributed by atoms with Gasteiger partial charge in [-0.2, -0.15) is 0 Å². The fourth-order valence-electron chi connectivity index (χ4n) is 1.55. The monoisotopic (exact) mass is 301 g/mol. The molecule has 0 heterocycles. The highest BCUT2D eigenvalue weighted by atomic mass is 79.9. The van der Waals surface area contributed by atoms with Gasteiger partial charge in [-0.25, -0.2) is 0 Å². The zero-order chi connectivity index (χ0) is 11.8. The first-order chi connectivity index (χ1) is 7.72. The summed E-state index contributed by atoms with van der Waals surface area (Å²) in [5.41, 5.74) is 0. The molecule has 3 heteroatoms. The first-order valence-electron chi connectivity index (χ1n) is 5.79. The van der Waals surface area contributed by atoms with Crippen molar-refractivity contribution in [3.63, 3.8) is 0 Å². The van der Waals surface area contributed by atoms with Gasteiger partial charge in [-0.15, -0.1) is 11.8 Å². The lowest BCUT2D eigenvalue weighted by molar-refractivity contribution is 0.336. The zero-order valence-electron chi connectivity index (χ0n) is 10.1. The first kappa shape index (κ1) is 14.1. The molecule has 0 radical (unpaired) electrons. The molecule has 0 saturated heterocycles. The third-order valence-electron chi connectivity index (χ3n) is 2.37. The van der Waals surface area contributed by atoms with E-state index in [4.69, 9.17) is 0 Å². The average Bonchev–Trinajstić information content (AvgIpc) is 2.27. The van der Waals surface area contributed by atoms with Crippen LogP contribution in [0.1, 0.15) is 19.8 Å². The number of benzene rings is 1. The van der Waals surface area contributed by atoms with E-state index in [9.17, 15) is 0 Å². The summed E-state index contributed by atoms with van der Waals surface area (Å²) in [5, 5.41) is 0. The molecule has 0 amide bonds. The summed E-state index contributed by atoms with van der Waals surface area (Å²) in [6.07, 6.45) is 2.51. The summed E-state index contributed by atoms with van der Waals surface area (Å²) in [4.78, 5) is 3.77. The lowest BCUT2D eigenvalue weighted by Gasteiger charge is -2.14. The van der Waals surface area contributed by atoms with Gasteiger partial charge in [0.1, 0.15) is 0 Å². The number of hydrogen-bond donors (Lipinski definition) is 0. The molecule has 90 valence electrons. The molecule has 0 saturated carbocycles. The summed E-state index contributed by atoms with van der Waals surface area (Å²) < 4.78 is 1.15. The molecule has 0 spiro atoms. The Hall–Kier alpha value is 0.01000. The van der Waals surface area contributed by atoms with E-state index < -0.39 is 0 Å². The van der Waals surface area contributed by atoms with Crippen LogP contribution in [-0.4, -0.2) is 30.8 Å². The topological polar surface area (TPSA) is 3.24 Å². The molecule has 0 aliphatic carbocycles. The quantitative estimate of drug-likeness (QED) is 0.546. The van der Waals surface area contributed by atoms with E-state index >= 15 is 0 Å². The minimum atomic E-state index is 1.15. The third-order valence-corrected chi connectivity index (χ3v) is 4.00. The highest BCUT2D eigenvalue weighted by molar-refractivity contribution is 9.10. The smallest absolute Gasteiger partial charge is 0.0176 e. The molecule has 0 bridgehead atoms. The van der Waals surface area contributed by atoms with Crippen LogP contribution in [-0.2, 0) is 0 Å². The summed E-state index contributed by atoms with van der Waals surface area (Å²) >= 11 is 5.39. The Morgan fingerprint density at radius 2 is 1.88 bits per heavy atom. The molecule has 1 aromatic carbocycles. The fraction of sp³-hybridized carbons (Fsp3) is 0.538. The molecule has 0 fully saturated rings. The standard InChI is InChI=1S/C13H20BrNS/c1-3-9-15(2)10-4-11-16-13-7-5-12(14)6-8-13/h5-8H,3-4,9-11H2,1-2H3. The number of nitrogens with zero attached hydrogens (tertiary/aromatic N) is 1. The molecule has 0 aliphatic rings. The van der Waals surface area contributed by atoms with Crippen LogP contribution in [0.2, 0.25) is 0 Å². The largest absolute Gasteiger partial charge is 0.306 e. The van der Waals surface area contributed by atoms with Gasteiger partial charge in [0.25, 0.3) is 0 Å². The number of halogens is 1. The molecule has 1 rings (SSSR count). The number of hydrogen-bond acceptors (Lipinski definition) is 2. The fourth-order valence-corrected chi connectivity index (χ4v) is 2.65. The molecule has 0 N–H and O–H groups in total. The van der Waals surface area contributed by atoms with E-state index in [1.54, 1.807) is 0 Å². The average molecular weight is 302 g/mol. The van der Waals surface area contributed by atoms with Crippen molar-refractivity contribution >= 4 is 27.7 Å². The van der Waals surface area contributed by atoms with E-state index in [-0.39, 0.29) is 0 Å². The van der Waals surface area contributed by atoms with Crippen LogP contribution in [0.5, 0.6) is 0 Å². The molecular weight excluding hydrogens is 282 g/mol. The van der Waals surface area contributed by atoms with Crippen LogP contribution in [0.4, 0.5) is 0 Å². The maximum Gasteiger partial charge on any atom is 0.0176 e. The number of thioether (sulfide) groups is 1. The van der Waals surface area contributed by atoms with E-state index in [0.29, 0.717) is 0 Å². The van der Waals surface area contributed by atoms with Crippen molar-refractivity contribution in [2.75, 3.05) is 25.9 Å². The van der Waals surface area contributed by atoms with Gasteiger partial charge in [-0.05, 0) is 63.0 Å². The lowest BCUT2D eigenvalue weighted by Crippen LogP contribution is -2.20. The lowest BCUT2D eigenvalue weighted by atomic mass is 10.4. The van der Waals surface area contributed by atoms with Crippen LogP contribution >= 0.6 is 27.7 Å². The van der Waals surface area contributed by atoms with Gasteiger partial charge < -0.3 is 4.90 Å². The Morgan fingerprint density at radius 1 is 1.19 bits per heavy atom. The molecule has 0 unspecified atom stereocenters. The van der Waals surface area contributed by atoms with Gasteiger partial charge in [0.05, 0.1) is 0 Å². The zero-order valence-corrected chi connectivity index (χ0v) is 12.5. The van der Waals surface area contributed by atoms with E-state index in [1.807, 2.05) is 11.8 Å². The SMILES string of the molecule is CCCN(C)CCCSc1ccc(Br)cc1. The predicted molar refractivity (Wildman–Crippen MR) is 77.3 cm³/mol.